The van der Waals surface area contributed by atoms with Gasteiger partial charge in [0.1, 0.15) is 0 Å². The lowest BCUT2D eigenvalue weighted by Gasteiger charge is -2.30. The third-order valence-corrected chi connectivity index (χ3v) is 5.96. The quantitative estimate of drug-likeness (QED) is 0.703. The van der Waals surface area contributed by atoms with E-state index in [1.54, 1.807) is 11.0 Å². The van der Waals surface area contributed by atoms with Gasteiger partial charge < -0.3 is 4.90 Å². The fourth-order valence-electron chi connectivity index (χ4n) is 2.60. The zero-order valence-corrected chi connectivity index (χ0v) is 15.2. The van der Waals surface area contributed by atoms with Crippen molar-refractivity contribution in [3.05, 3.63) is 33.4 Å². The van der Waals surface area contributed by atoms with Gasteiger partial charge in [0.25, 0.3) is 5.91 Å². The molecule has 1 aromatic rings. The van der Waals surface area contributed by atoms with Crippen LogP contribution in [0.5, 0.6) is 0 Å². The van der Waals surface area contributed by atoms with Crippen LogP contribution in [0.25, 0.3) is 0 Å². The smallest absolute Gasteiger partial charge is 0.254 e. The van der Waals surface area contributed by atoms with E-state index in [2.05, 4.69) is 22.6 Å². The van der Waals surface area contributed by atoms with Gasteiger partial charge in [0.15, 0.2) is 9.84 Å². The van der Waals surface area contributed by atoms with Gasteiger partial charge in [-0.15, -0.1) is 0 Å². The van der Waals surface area contributed by atoms with Crippen LogP contribution in [-0.2, 0) is 9.84 Å². The number of hydrogen-bond acceptors (Lipinski definition) is 3. The van der Waals surface area contributed by atoms with E-state index in [0.717, 1.165) is 3.57 Å². The van der Waals surface area contributed by atoms with Crippen molar-refractivity contribution in [2.45, 2.75) is 26.3 Å². The summed E-state index contributed by atoms with van der Waals surface area (Å²) in [5.74, 6) is 0.519. The molecular weight excluding hydrogens is 401 g/mol. The highest BCUT2D eigenvalue weighted by Crippen LogP contribution is 2.22. The standard InChI is InChI=1S/C15H20INO3S/c1-11(2)9-17(14-6-7-21(19,20)10-14)15(18)12-4-3-5-13(16)8-12/h3-5,8,11,14H,6-7,9-10H2,1-2H3/t14-/m1/s1. The predicted molar refractivity (Wildman–Crippen MR) is 92.1 cm³/mol. The molecule has 6 heteroatoms. The molecule has 1 aliphatic heterocycles. The van der Waals surface area contributed by atoms with Crippen molar-refractivity contribution in [1.29, 1.82) is 0 Å². The lowest BCUT2D eigenvalue weighted by molar-refractivity contribution is 0.0672. The van der Waals surface area contributed by atoms with E-state index in [0.29, 0.717) is 24.4 Å². The molecule has 0 unspecified atom stereocenters. The molecule has 0 aromatic heterocycles. The molecule has 0 radical (unpaired) electrons. The molecule has 0 N–H and O–H groups in total. The summed E-state index contributed by atoms with van der Waals surface area (Å²) in [6, 6.07) is 7.24. The molecular formula is C15H20INO3S. The second-order valence-corrected chi connectivity index (χ2v) is 9.39. The number of halogens is 1. The SMILES string of the molecule is CC(C)CN(C(=O)c1cccc(I)c1)[C@@H]1CCS(=O)(=O)C1. The molecule has 1 saturated heterocycles. The Hall–Kier alpha value is -0.630. The van der Waals surface area contributed by atoms with Crippen molar-refractivity contribution in [2.24, 2.45) is 5.92 Å². The number of carbonyl (C=O) groups is 1. The van der Waals surface area contributed by atoms with Crippen molar-refractivity contribution < 1.29 is 13.2 Å². The van der Waals surface area contributed by atoms with Crippen LogP contribution in [0, 0.1) is 9.49 Å². The topological polar surface area (TPSA) is 54.5 Å². The van der Waals surface area contributed by atoms with Crippen LogP contribution in [0.2, 0.25) is 0 Å². The second kappa shape index (κ2) is 6.64. The molecule has 1 amide bonds. The zero-order chi connectivity index (χ0) is 15.6. The Morgan fingerprint density at radius 1 is 1.43 bits per heavy atom. The molecule has 1 fully saturated rings. The lowest BCUT2D eigenvalue weighted by atomic mass is 10.1. The Morgan fingerprint density at radius 2 is 2.14 bits per heavy atom. The van der Waals surface area contributed by atoms with Gasteiger partial charge in [-0.05, 0) is 53.1 Å². The highest BCUT2D eigenvalue weighted by atomic mass is 127. The van der Waals surface area contributed by atoms with Crippen LogP contribution in [0.15, 0.2) is 24.3 Å². The molecule has 1 aromatic carbocycles. The highest BCUT2D eigenvalue weighted by Gasteiger charge is 2.35. The van der Waals surface area contributed by atoms with Crippen LogP contribution in [0.3, 0.4) is 0 Å². The third kappa shape index (κ3) is 4.42. The summed E-state index contributed by atoms with van der Waals surface area (Å²) in [5, 5.41) is 0. The number of hydrogen-bond donors (Lipinski definition) is 0. The van der Waals surface area contributed by atoms with E-state index in [4.69, 9.17) is 0 Å². The van der Waals surface area contributed by atoms with Crippen LogP contribution in [0.1, 0.15) is 30.6 Å². The van der Waals surface area contributed by atoms with Crippen molar-refractivity contribution in [3.8, 4) is 0 Å². The van der Waals surface area contributed by atoms with Crippen LogP contribution < -0.4 is 0 Å². The largest absolute Gasteiger partial charge is 0.334 e. The van der Waals surface area contributed by atoms with E-state index in [1.807, 2.05) is 32.0 Å². The van der Waals surface area contributed by atoms with E-state index in [1.165, 1.54) is 0 Å². The van der Waals surface area contributed by atoms with Crippen LogP contribution >= 0.6 is 22.6 Å². The van der Waals surface area contributed by atoms with Gasteiger partial charge in [0.05, 0.1) is 11.5 Å². The summed E-state index contributed by atoms with van der Waals surface area (Å²) in [4.78, 5) is 14.5. The first-order chi connectivity index (χ1) is 9.78. The van der Waals surface area contributed by atoms with Gasteiger partial charge in [0, 0.05) is 21.7 Å². The average molecular weight is 421 g/mol. The summed E-state index contributed by atoms with van der Waals surface area (Å²) in [6.07, 6.45) is 0.546. The van der Waals surface area contributed by atoms with Gasteiger partial charge in [-0.25, -0.2) is 8.42 Å². The minimum absolute atomic E-state index is 0.0654. The molecule has 0 spiro atoms. The first-order valence-corrected chi connectivity index (χ1v) is 9.95. The van der Waals surface area contributed by atoms with E-state index >= 15 is 0 Å². The predicted octanol–water partition coefficient (Wildman–Crippen LogP) is 2.58. The Bertz CT molecular complexity index is 628. The number of amides is 1. The lowest BCUT2D eigenvalue weighted by Crippen LogP contribution is -2.43. The zero-order valence-electron chi connectivity index (χ0n) is 12.3. The molecule has 0 saturated carbocycles. The van der Waals surface area contributed by atoms with Gasteiger partial charge in [-0.2, -0.15) is 0 Å². The first kappa shape index (κ1) is 16.7. The summed E-state index contributed by atoms with van der Waals surface area (Å²) in [7, 11) is -3.00. The maximum Gasteiger partial charge on any atom is 0.254 e. The summed E-state index contributed by atoms with van der Waals surface area (Å²) < 4.78 is 24.4. The minimum Gasteiger partial charge on any atom is -0.334 e. The van der Waals surface area contributed by atoms with Crippen molar-refractivity contribution in [1.82, 2.24) is 4.90 Å². The molecule has 0 bridgehead atoms. The van der Waals surface area contributed by atoms with Gasteiger partial charge >= 0.3 is 0 Å². The van der Waals surface area contributed by atoms with E-state index in [-0.39, 0.29) is 23.5 Å². The van der Waals surface area contributed by atoms with Crippen LogP contribution in [0.4, 0.5) is 0 Å². The highest BCUT2D eigenvalue weighted by molar-refractivity contribution is 14.1. The molecule has 2 rings (SSSR count). The summed E-state index contributed by atoms with van der Waals surface area (Å²) in [5.41, 5.74) is 0.631. The Kier molecular flexibility index (Phi) is 5.29. The normalized spacial score (nSPS) is 20.7. The number of sulfone groups is 1. The maximum absolute atomic E-state index is 12.8. The molecule has 1 aliphatic rings. The summed E-state index contributed by atoms with van der Waals surface area (Å²) >= 11 is 2.17. The molecule has 4 nitrogen and oxygen atoms in total. The van der Waals surface area contributed by atoms with Crippen molar-refractivity contribution in [3.63, 3.8) is 0 Å². The number of nitrogens with zero attached hydrogens (tertiary/aromatic N) is 1. The first-order valence-electron chi connectivity index (χ1n) is 7.05. The third-order valence-electron chi connectivity index (χ3n) is 3.54. The molecule has 1 atom stereocenters. The Balaban J connectivity index is 2.26. The molecule has 0 aliphatic carbocycles. The molecule has 21 heavy (non-hydrogen) atoms. The van der Waals surface area contributed by atoms with Crippen LogP contribution in [-0.4, -0.2) is 43.3 Å². The monoisotopic (exact) mass is 421 g/mol. The fraction of sp³-hybridized carbons (Fsp3) is 0.533. The minimum atomic E-state index is -3.00. The number of benzene rings is 1. The van der Waals surface area contributed by atoms with E-state index in [9.17, 15) is 13.2 Å². The van der Waals surface area contributed by atoms with Crippen molar-refractivity contribution in [2.75, 3.05) is 18.1 Å². The number of rotatable bonds is 4. The molecule has 116 valence electrons. The van der Waals surface area contributed by atoms with Crippen molar-refractivity contribution >= 4 is 38.3 Å². The number of carbonyl (C=O) groups excluding carboxylic acids is 1. The Labute approximate surface area is 140 Å². The van der Waals surface area contributed by atoms with Gasteiger partial charge in [-0.1, -0.05) is 19.9 Å². The summed E-state index contributed by atoms with van der Waals surface area (Å²) in [6.45, 7) is 4.67. The fourth-order valence-corrected chi connectivity index (χ4v) is 4.87. The molecule has 1 heterocycles. The second-order valence-electron chi connectivity index (χ2n) is 5.92. The van der Waals surface area contributed by atoms with E-state index < -0.39 is 9.84 Å². The van der Waals surface area contributed by atoms with Gasteiger partial charge in [-0.3, -0.25) is 4.79 Å². The van der Waals surface area contributed by atoms with Gasteiger partial charge in [0.2, 0.25) is 0 Å². The maximum atomic E-state index is 12.8. The Morgan fingerprint density at radius 3 is 2.67 bits per heavy atom. The average Bonchev–Trinajstić information content (AvgIpc) is 2.75.